The van der Waals surface area contributed by atoms with Crippen LogP contribution in [-0.2, 0) is 4.74 Å². The van der Waals surface area contributed by atoms with Gasteiger partial charge in [0, 0.05) is 12.6 Å². The Morgan fingerprint density at radius 3 is 2.33 bits per heavy atom. The highest BCUT2D eigenvalue weighted by molar-refractivity contribution is 4.90. The predicted molar refractivity (Wildman–Crippen MR) is 78.8 cm³/mol. The first-order valence-corrected chi connectivity index (χ1v) is 7.94. The lowest BCUT2D eigenvalue weighted by Gasteiger charge is -2.41. The van der Waals surface area contributed by atoms with E-state index in [0.29, 0.717) is 18.1 Å². The van der Waals surface area contributed by atoms with Crippen molar-refractivity contribution in [2.75, 3.05) is 13.7 Å². The summed E-state index contributed by atoms with van der Waals surface area (Å²) in [6.07, 6.45) is 7.29. The molecule has 1 aliphatic carbocycles. The standard InChI is InChI=1S/C16H33NO/c1-6-13-10-8-9-11-14(13)15(17-5)16(12(3)4)18-7-2/h12-17H,6-11H2,1-5H3. The molecule has 4 unspecified atom stereocenters. The van der Waals surface area contributed by atoms with E-state index < -0.39 is 0 Å². The van der Waals surface area contributed by atoms with Crippen LogP contribution in [0.3, 0.4) is 0 Å². The Kier molecular flexibility index (Phi) is 7.25. The molecule has 2 heteroatoms. The summed E-state index contributed by atoms with van der Waals surface area (Å²) in [5.74, 6) is 2.27. The average Bonchev–Trinajstić information content (AvgIpc) is 2.39. The van der Waals surface area contributed by atoms with Crippen molar-refractivity contribution in [3.05, 3.63) is 0 Å². The zero-order valence-corrected chi connectivity index (χ0v) is 13.0. The van der Waals surface area contributed by atoms with E-state index >= 15 is 0 Å². The maximum Gasteiger partial charge on any atom is 0.0753 e. The molecule has 1 rings (SSSR count). The molecule has 108 valence electrons. The number of nitrogens with one attached hydrogen (secondary N) is 1. The highest BCUT2D eigenvalue weighted by atomic mass is 16.5. The van der Waals surface area contributed by atoms with Gasteiger partial charge in [0.15, 0.2) is 0 Å². The quantitative estimate of drug-likeness (QED) is 0.746. The van der Waals surface area contributed by atoms with E-state index in [1.54, 1.807) is 0 Å². The normalized spacial score (nSPS) is 28.3. The number of likely N-dealkylation sites (N-methyl/N-ethyl adjacent to an activating group) is 1. The SMILES string of the molecule is CCOC(C(C)C)C(NC)C1CCCCC1CC. The molecule has 0 aromatic rings. The number of hydrogen-bond donors (Lipinski definition) is 1. The van der Waals surface area contributed by atoms with Crippen LogP contribution in [0.25, 0.3) is 0 Å². The van der Waals surface area contributed by atoms with Gasteiger partial charge in [0.05, 0.1) is 6.10 Å². The molecule has 0 bridgehead atoms. The van der Waals surface area contributed by atoms with Crippen molar-refractivity contribution in [2.45, 2.75) is 71.9 Å². The lowest BCUT2D eigenvalue weighted by atomic mass is 9.71. The summed E-state index contributed by atoms with van der Waals surface area (Å²) >= 11 is 0. The van der Waals surface area contributed by atoms with Gasteiger partial charge >= 0.3 is 0 Å². The third kappa shape index (κ3) is 3.96. The zero-order chi connectivity index (χ0) is 13.5. The summed E-state index contributed by atoms with van der Waals surface area (Å²) < 4.78 is 6.04. The average molecular weight is 255 g/mol. The van der Waals surface area contributed by atoms with Gasteiger partial charge in [-0.15, -0.1) is 0 Å². The topological polar surface area (TPSA) is 21.3 Å². The first-order valence-electron chi connectivity index (χ1n) is 7.94. The molecular formula is C16H33NO. The van der Waals surface area contributed by atoms with E-state index in [1.165, 1.54) is 32.1 Å². The van der Waals surface area contributed by atoms with Gasteiger partial charge in [-0.2, -0.15) is 0 Å². The molecular weight excluding hydrogens is 222 g/mol. The van der Waals surface area contributed by atoms with Crippen LogP contribution in [0.5, 0.6) is 0 Å². The van der Waals surface area contributed by atoms with E-state index in [2.05, 4.69) is 40.1 Å². The van der Waals surface area contributed by atoms with Crippen LogP contribution in [-0.4, -0.2) is 25.8 Å². The smallest absolute Gasteiger partial charge is 0.0753 e. The number of rotatable bonds is 7. The van der Waals surface area contributed by atoms with Crippen LogP contribution in [0.15, 0.2) is 0 Å². The highest BCUT2D eigenvalue weighted by Crippen LogP contribution is 2.36. The van der Waals surface area contributed by atoms with Crippen LogP contribution in [0.2, 0.25) is 0 Å². The van der Waals surface area contributed by atoms with Gasteiger partial charge in [0.2, 0.25) is 0 Å². The van der Waals surface area contributed by atoms with Crippen molar-refractivity contribution in [2.24, 2.45) is 17.8 Å². The molecule has 1 aliphatic rings. The van der Waals surface area contributed by atoms with E-state index in [9.17, 15) is 0 Å². The molecule has 0 aromatic heterocycles. The van der Waals surface area contributed by atoms with Gasteiger partial charge in [-0.25, -0.2) is 0 Å². The molecule has 0 amide bonds. The molecule has 1 N–H and O–H groups in total. The van der Waals surface area contributed by atoms with Crippen molar-refractivity contribution in [1.82, 2.24) is 5.32 Å². The summed E-state index contributed by atoms with van der Waals surface area (Å²) in [6, 6.07) is 0.523. The minimum absolute atomic E-state index is 0.358. The van der Waals surface area contributed by atoms with Crippen LogP contribution in [0.1, 0.15) is 59.8 Å². The van der Waals surface area contributed by atoms with Crippen molar-refractivity contribution < 1.29 is 4.74 Å². The Morgan fingerprint density at radius 2 is 1.83 bits per heavy atom. The van der Waals surface area contributed by atoms with Gasteiger partial charge in [-0.05, 0) is 38.1 Å². The van der Waals surface area contributed by atoms with E-state index in [0.717, 1.165) is 18.4 Å². The van der Waals surface area contributed by atoms with E-state index in [4.69, 9.17) is 4.74 Å². The van der Waals surface area contributed by atoms with Crippen LogP contribution in [0.4, 0.5) is 0 Å². The van der Waals surface area contributed by atoms with Crippen molar-refractivity contribution in [3.63, 3.8) is 0 Å². The largest absolute Gasteiger partial charge is 0.377 e. The number of ether oxygens (including phenoxy) is 1. The second-order valence-electron chi connectivity index (χ2n) is 6.10. The Morgan fingerprint density at radius 1 is 1.17 bits per heavy atom. The summed E-state index contributed by atoms with van der Waals surface area (Å²) in [7, 11) is 2.11. The zero-order valence-electron chi connectivity index (χ0n) is 13.0. The summed E-state index contributed by atoms with van der Waals surface area (Å²) in [5.41, 5.74) is 0. The Labute approximate surface area is 114 Å². The monoisotopic (exact) mass is 255 g/mol. The predicted octanol–water partition coefficient (Wildman–Crippen LogP) is 3.85. The van der Waals surface area contributed by atoms with Crippen molar-refractivity contribution in [3.8, 4) is 0 Å². The molecule has 0 aromatic carbocycles. The molecule has 18 heavy (non-hydrogen) atoms. The van der Waals surface area contributed by atoms with E-state index in [-0.39, 0.29) is 0 Å². The molecule has 2 nitrogen and oxygen atoms in total. The van der Waals surface area contributed by atoms with Crippen LogP contribution in [0, 0.1) is 17.8 Å². The summed E-state index contributed by atoms with van der Waals surface area (Å²) in [5, 5.41) is 3.58. The molecule has 0 spiro atoms. The third-order valence-electron chi connectivity index (χ3n) is 4.66. The van der Waals surface area contributed by atoms with Gasteiger partial charge in [-0.1, -0.05) is 46.5 Å². The Bertz CT molecular complexity index is 217. The fourth-order valence-electron chi connectivity index (χ4n) is 3.74. The molecule has 4 atom stereocenters. The van der Waals surface area contributed by atoms with Gasteiger partial charge < -0.3 is 10.1 Å². The van der Waals surface area contributed by atoms with Crippen LogP contribution < -0.4 is 5.32 Å². The Hall–Kier alpha value is -0.0800. The maximum atomic E-state index is 6.04. The molecule has 1 fully saturated rings. The van der Waals surface area contributed by atoms with Crippen molar-refractivity contribution in [1.29, 1.82) is 0 Å². The van der Waals surface area contributed by atoms with E-state index in [1.807, 2.05) is 0 Å². The molecule has 0 radical (unpaired) electrons. The Balaban J connectivity index is 2.77. The minimum atomic E-state index is 0.358. The first-order chi connectivity index (χ1) is 8.65. The second-order valence-corrected chi connectivity index (χ2v) is 6.10. The molecule has 1 saturated carbocycles. The minimum Gasteiger partial charge on any atom is -0.377 e. The van der Waals surface area contributed by atoms with Gasteiger partial charge in [-0.3, -0.25) is 0 Å². The number of hydrogen-bond acceptors (Lipinski definition) is 2. The first kappa shape index (κ1) is 16.0. The van der Waals surface area contributed by atoms with Crippen molar-refractivity contribution >= 4 is 0 Å². The van der Waals surface area contributed by atoms with Gasteiger partial charge in [0.25, 0.3) is 0 Å². The fourth-order valence-corrected chi connectivity index (χ4v) is 3.74. The lowest BCUT2D eigenvalue weighted by Crippen LogP contribution is -2.50. The highest BCUT2D eigenvalue weighted by Gasteiger charge is 2.36. The van der Waals surface area contributed by atoms with Crippen LogP contribution >= 0.6 is 0 Å². The third-order valence-corrected chi connectivity index (χ3v) is 4.66. The second kappa shape index (κ2) is 8.16. The van der Waals surface area contributed by atoms with Gasteiger partial charge in [0.1, 0.15) is 0 Å². The molecule has 0 saturated heterocycles. The summed E-state index contributed by atoms with van der Waals surface area (Å²) in [6.45, 7) is 9.86. The molecule has 0 heterocycles. The lowest BCUT2D eigenvalue weighted by molar-refractivity contribution is -0.0246. The molecule has 0 aliphatic heterocycles. The maximum absolute atomic E-state index is 6.04. The summed E-state index contributed by atoms with van der Waals surface area (Å²) in [4.78, 5) is 0. The fraction of sp³-hybridized carbons (Fsp3) is 1.00.